The van der Waals surface area contributed by atoms with Crippen LogP contribution in [-0.4, -0.2) is 41.3 Å². The van der Waals surface area contributed by atoms with E-state index < -0.39 is 6.09 Å². The minimum absolute atomic E-state index is 0.0705. The molecule has 27 heavy (non-hydrogen) atoms. The first-order valence-electron chi connectivity index (χ1n) is 8.36. The zero-order valence-corrected chi connectivity index (χ0v) is 16.2. The maximum Gasteiger partial charge on any atom is 0.413 e. The Morgan fingerprint density at radius 1 is 1.26 bits per heavy atom. The third-order valence-electron chi connectivity index (χ3n) is 4.21. The van der Waals surface area contributed by atoms with Crippen LogP contribution in [-0.2, 0) is 22.5 Å². The van der Waals surface area contributed by atoms with Crippen molar-refractivity contribution in [2.75, 3.05) is 19.0 Å². The van der Waals surface area contributed by atoms with Crippen molar-refractivity contribution >= 4 is 45.9 Å². The molecule has 0 fully saturated rings. The van der Waals surface area contributed by atoms with E-state index in [9.17, 15) is 14.4 Å². The standard InChI is InChI=1S/C18H18ClN3O4S/c1-26-18(25)21-17-20-13-8-9-22(10-15(13)27-17)16(24)7-6-14(23)11-2-4-12(19)5-3-11/h2-5H,6-10H2,1H3,(H,20,21,25). The van der Waals surface area contributed by atoms with Gasteiger partial charge in [0.15, 0.2) is 10.9 Å². The summed E-state index contributed by atoms with van der Waals surface area (Å²) in [5.74, 6) is -0.154. The van der Waals surface area contributed by atoms with Crippen LogP contribution in [0.15, 0.2) is 24.3 Å². The summed E-state index contributed by atoms with van der Waals surface area (Å²) in [6.07, 6.45) is 0.352. The fourth-order valence-corrected chi connectivity index (χ4v) is 3.89. The van der Waals surface area contributed by atoms with Crippen LogP contribution < -0.4 is 5.32 Å². The number of rotatable bonds is 5. The normalized spacial score (nSPS) is 13.0. The van der Waals surface area contributed by atoms with Crippen LogP contribution in [0.1, 0.15) is 33.8 Å². The van der Waals surface area contributed by atoms with Crippen LogP contribution in [0, 0.1) is 0 Å². The molecule has 2 aromatic rings. The second-order valence-corrected chi connectivity index (χ2v) is 7.52. The predicted octanol–water partition coefficient (Wildman–Crippen LogP) is 3.52. The molecule has 9 heteroatoms. The molecule has 0 spiro atoms. The quantitative estimate of drug-likeness (QED) is 0.766. The molecule has 1 aliphatic rings. The fourth-order valence-electron chi connectivity index (χ4n) is 2.76. The van der Waals surface area contributed by atoms with Crippen LogP contribution in [0.2, 0.25) is 5.02 Å². The third kappa shape index (κ3) is 4.84. The number of ketones is 1. The molecule has 1 aromatic heterocycles. The number of carbonyl (C=O) groups is 3. The molecule has 0 atom stereocenters. The highest BCUT2D eigenvalue weighted by Crippen LogP contribution is 2.28. The topological polar surface area (TPSA) is 88.6 Å². The Bertz CT molecular complexity index is 866. The van der Waals surface area contributed by atoms with Gasteiger partial charge in [-0.15, -0.1) is 0 Å². The van der Waals surface area contributed by atoms with Gasteiger partial charge >= 0.3 is 6.09 Å². The molecule has 0 bridgehead atoms. The van der Waals surface area contributed by atoms with E-state index in [0.717, 1.165) is 10.6 Å². The molecule has 0 saturated heterocycles. The summed E-state index contributed by atoms with van der Waals surface area (Å²) in [5, 5.41) is 3.57. The van der Waals surface area contributed by atoms with Crippen molar-refractivity contribution in [3.8, 4) is 0 Å². The van der Waals surface area contributed by atoms with E-state index in [0.29, 0.717) is 35.2 Å². The Morgan fingerprint density at radius 2 is 2.00 bits per heavy atom. The molecule has 1 aromatic carbocycles. The van der Waals surface area contributed by atoms with E-state index in [2.05, 4.69) is 15.0 Å². The molecule has 1 aliphatic heterocycles. The summed E-state index contributed by atoms with van der Waals surface area (Å²) >= 11 is 7.14. The second kappa shape index (κ2) is 8.49. The van der Waals surface area contributed by atoms with Crippen molar-refractivity contribution in [1.82, 2.24) is 9.88 Å². The van der Waals surface area contributed by atoms with Crippen molar-refractivity contribution < 1.29 is 19.1 Å². The van der Waals surface area contributed by atoms with Crippen molar-refractivity contribution in [2.24, 2.45) is 0 Å². The third-order valence-corrected chi connectivity index (χ3v) is 5.46. The molecule has 0 unspecified atom stereocenters. The van der Waals surface area contributed by atoms with Gasteiger partial charge in [0.05, 0.1) is 19.3 Å². The van der Waals surface area contributed by atoms with Crippen LogP contribution in [0.4, 0.5) is 9.93 Å². The minimum atomic E-state index is -0.574. The lowest BCUT2D eigenvalue weighted by Crippen LogP contribution is -2.35. The number of thiazole rings is 1. The molecule has 2 amide bonds. The number of hydrogen-bond acceptors (Lipinski definition) is 6. The number of carbonyl (C=O) groups excluding carboxylic acids is 3. The molecule has 0 saturated carbocycles. The van der Waals surface area contributed by atoms with Gasteiger partial charge in [0, 0.05) is 41.3 Å². The summed E-state index contributed by atoms with van der Waals surface area (Å²) in [4.78, 5) is 43.0. The van der Waals surface area contributed by atoms with Crippen molar-refractivity contribution in [2.45, 2.75) is 25.8 Å². The largest absolute Gasteiger partial charge is 0.453 e. The Labute approximate surface area is 165 Å². The summed E-state index contributed by atoms with van der Waals surface area (Å²) in [6.45, 7) is 0.978. The molecule has 2 heterocycles. The zero-order valence-electron chi connectivity index (χ0n) is 14.7. The highest BCUT2D eigenvalue weighted by Gasteiger charge is 2.25. The monoisotopic (exact) mass is 407 g/mol. The fraction of sp³-hybridized carbons (Fsp3) is 0.333. The smallest absolute Gasteiger partial charge is 0.413 e. The number of halogens is 1. The van der Waals surface area contributed by atoms with Gasteiger partial charge in [0.25, 0.3) is 0 Å². The number of benzene rings is 1. The maximum atomic E-state index is 12.5. The Hall–Kier alpha value is -2.45. The number of aromatic nitrogens is 1. The summed E-state index contributed by atoms with van der Waals surface area (Å²) in [6, 6.07) is 6.64. The number of amides is 2. The van der Waals surface area contributed by atoms with Crippen LogP contribution in [0.3, 0.4) is 0 Å². The van der Waals surface area contributed by atoms with Gasteiger partial charge in [-0.25, -0.2) is 9.78 Å². The van der Waals surface area contributed by atoms with Crippen molar-refractivity contribution in [3.63, 3.8) is 0 Å². The van der Waals surface area contributed by atoms with Gasteiger partial charge in [0.2, 0.25) is 5.91 Å². The lowest BCUT2D eigenvalue weighted by atomic mass is 10.1. The van der Waals surface area contributed by atoms with Gasteiger partial charge in [0.1, 0.15) is 0 Å². The van der Waals surface area contributed by atoms with Crippen LogP contribution >= 0.6 is 22.9 Å². The maximum absolute atomic E-state index is 12.5. The lowest BCUT2D eigenvalue weighted by Gasteiger charge is -2.26. The number of ether oxygens (including phenoxy) is 1. The first-order chi connectivity index (χ1) is 13.0. The van der Waals surface area contributed by atoms with E-state index in [1.54, 1.807) is 29.2 Å². The van der Waals surface area contributed by atoms with Crippen molar-refractivity contribution in [1.29, 1.82) is 0 Å². The van der Waals surface area contributed by atoms with Crippen LogP contribution in [0.5, 0.6) is 0 Å². The molecular formula is C18H18ClN3O4S. The number of Topliss-reactive ketones (excluding diaryl/α,β-unsaturated/α-hetero) is 1. The second-order valence-electron chi connectivity index (χ2n) is 6.00. The molecule has 3 rings (SSSR count). The Morgan fingerprint density at radius 3 is 2.70 bits per heavy atom. The van der Waals surface area contributed by atoms with Gasteiger partial charge in [-0.2, -0.15) is 0 Å². The van der Waals surface area contributed by atoms with E-state index in [1.165, 1.54) is 18.4 Å². The Kier molecular flexibility index (Phi) is 6.08. The highest BCUT2D eigenvalue weighted by molar-refractivity contribution is 7.15. The average Bonchev–Trinajstić information content (AvgIpc) is 3.07. The summed E-state index contributed by atoms with van der Waals surface area (Å²) in [7, 11) is 1.29. The first-order valence-corrected chi connectivity index (χ1v) is 9.56. The van der Waals surface area contributed by atoms with E-state index in [4.69, 9.17) is 11.6 Å². The van der Waals surface area contributed by atoms with Gasteiger partial charge in [-0.1, -0.05) is 22.9 Å². The average molecular weight is 408 g/mol. The molecular weight excluding hydrogens is 390 g/mol. The first kappa shape index (κ1) is 19.3. The zero-order chi connectivity index (χ0) is 19.4. The molecule has 7 nitrogen and oxygen atoms in total. The van der Waals surface area contributed by atoms with E-state index in [1.807, 2.05) is 0 Å². The van der Waals surface area contributed by atoms with Crippen molar-refractivity contribution in [3.05, 3.63) is 45.4 Å². The van der Waals surface area contributed by atoms with Crippen LogP contribution in [0.25, 0.3) is 0 Å². The number of nitrogens with one attached hydrogen (secondary N) is 1. The number of methoxy groups -OCH3 is 1. The highest BCUT2D eigenvalue weighted by atomic mass is 35.5. The number of anilines is 1. The number of nitrogens with zero attached hydrogens (tertiary/aromatic N) is 2. The number of fused-ring (bicyclic) bond motifs is 1. The number of hydrogen-bond donors (Lipinski definition) is 1. The summed E-state index contributed by atoms with van der Waals surface area (Å²) < 4.78 is 4.56. The van der Waals surface area contributed by atoms with E-state index >= 15 is 0 Å². The lowest BCUT2D eigenvalue weighted by molar-refractivity contribution is -0.132. The van der Waals surface area contributed by atoms with E-state index in [-0.39, 0.29) is 24.5 Å². The Balaban J connectivity index is 1.55. The van der Waals surface area contributed by atoms with Gasteiger partial charge in [-0.05, 0) is 24.3 Å². The minimum Gasteiger partial charge on any atom is -0.453 e. The van der Waals surface area contributed by atoms with Gasteiger partial charge in [-0.3, -0.25) is 14.9 Å². The molecule has 0 aliphatic carbocycles. The molecule has 142 valence electrons. The van der Waals surface area contributed by atoms with Gasteiger partial charge < -0.3 is 9.64 Å². The molecule has 0 radical (unpaired) electrons. The SMILES string of the molecule is COC(=O)Nc1nc2c(s1)CN(C(=O)CCC(=O)c1ccc(Cl)cc1)CC2. The predicted molar refractivity (Wildman–Crippen MR) is 102 cm³/mol. The summed E-state index contributed by atoms with van der Waals surface area (Å²) in [5.41, 5.74) is 1.43. The molecule has 1 N–H and O–H groups in total.